The molecule has 47 valence electrons. The lowest BCUT2D eigenvalue weighted by molar-refractivity contribution is 0.0917. The summed E-state index contributed by atoms with van der Waals surface area (Å²) in [4.78, 5) is 9.75. The van der Waals surface area contributed by atoms with Crippen molar-refractivity contribution in [1.29, 1.82) is 0 Å². The van der Waals surface area contributed by atoms with Gasteiger partial charge in [0.2, 0.25) is 0 Å². The summed E-state index contributed by atoms with van der Waals surface area (Å²) in [7, 11) is 0. The van der Waals surface area contributed by atoms with E-state index < -0.39 is 6.16 Å². The number of rotatable bonds is 1. The van der Waals surface area contributed by atoms with Gasteiger partial charge in [0, 0.05) is 6.42 Å². The minimum atomic E-state index is -1.50. The fraction of sp³-hybridized carbons (Fsp3) is 0.167. The van der Waals surface area contributed by atoms with Crippen molar-refractivity contribution in [3.05, 3.63) is 24.0 Å². The van der Waals surface area contributed by atoms with Gasteiger partial charge in [0.05, 0.1) is 0 Å². The topological polar surface area (TPSA) is 46.2 Å². The second-order valence-corrected chi connectivity index (χ2v) is 1.62. The van der Waals surface area contributed by atoms with E-state index in [9.17, 15) is 9.90 Å². The molecule has 1 radical (unpaired) electrons. The molecule has 3 heteroatoms. The molecule has 9 heavy (non-hydrogen) atoms. The van der Waals surface area contributed by atoms with Gasteiger partial charge in [0.1, 0.15) is 5.76 Å². The smallest absolute Gasteiger partial charge is 0.397 e. The van der Waals surface area contributed by atoms with E-state index in [0.717, 1.165) is 0 Å². The van der Waals surface area contributed by atoms with Gasteiger partial charge in [-0.15, -0.1) is 0 Å². The Balaban J connectivity index is 2.39. The summed E-state index contributed by atoms with van der Waals surface area (Å²) in [5.74, 6) is 0.426. The Morgan fingerprint density at radius 1 is 1.67 bits per heavy atom. The summed E-state index contributed by atoms with van der Waals surface area (Å²) in [6.07, 6.45) is 4.19. The molecule has 0 heterocycles. The first kappa shape index (κ1) is 5.88. The van der Waals surface area contributed by atoms with Crippen LogP contribution in [-0.4, -0.2) is 6.16 Å². The molecule has 0 saturated carbocycles. The lowest BCUT2D eigenvalue weighted by Crippen LogP contribution is -1.95. The molecule has 0 aliphatic heterocycles. The molecule has 0 unspecified atom stereocenters. The zero-order valence-electron chi connectivity index (χ0n) is 4.66. The molecule has 0 fully saturated rings. The highest BCUT2D eigenvalue weighted by atomic mass is 16.7. The lowest BCUT2D eigenvalue weighted by atomic mass is 10.4. The van der Waals surface area contributed by atoms with E-state index in [4.69, 9.17) is 0 Å². The van der Waals surface area contributed by atoms with E-state index in [-0.39, 0.29) is 0 Å². The Labute approximate surface area is 52.2 Å². The standard InChI is InChI=1S/C6H5O3/c7-6(8)9-5-3-1-2-4-5/h1-3H,4H2. The van der Waals surface area contributed by atoms with E-state index in [2.05, 4.69) is 4.74 Å². The third-order valence-electron chi connectivity index (χ3n) is 0.952. The molecule has 1 aliphatic rings. The zero-order chi connectivity index (χ0) is 6.69. The number of carbonyl (C=O) groups excluding carboxylic acids is 1. The molecule has 1 aliphatic carbocycles. The van der Waals surface area contributed by atoms with Gasteiger partial charge in [-0.2, -0.15) is 9.90 Å². The molecule has 0 aromatic rings. The highest BCUT2D eigenvalue weighted by Crippen LogP contribution is 2.10. The third-order valence-corrected chi connectivity index (χ3v) is 0.952. The van der Waals surface area contributed by atoms with Gasteiger partial charge in [-0.1, -0.05) is 12.2 Å². The highest BCUT2D eigenvalue weighted by Gasteiger charge is 2.05. The lowest BCUT2D eigenvalue weighted by Gasteiger charge is -1.94. The maximum atomic E-state index is 9.75. The maximum absolute atomic E-state index is 9.75. The fourth-order valence-electron chi connectivity index (χ4n) is 0.610. The van der Waals surface area contributed by atoms with E-state index in [1.165, 1.54) is 0 Å². The number of ether oxygens (including phenoxy) is 1. The van der Waals surface area contributed by atoms with Crippen LogP contribution in [0.5, 0.6) is 0 Å². The van der Waals surface area contributed by atoms with Crippen molar-refractivity contribution in [3.63, 3.8) is 0 Å². The van der Waals surface area contributed by atoms with E-state index >= 15 is 0 Å². The van der Waals surface area contributed by atoms with Gasteiger partial charge >= 0.3 is 6.16 Å². The Morgan fingerprint density at radius 3 is 2.89 bits per heavy atom. The highest BCUT2D eigenvalue weighted by molar-refractivity contribution is 5.58. The van der Waals surface area contributed by atoms with Gasteiger partial charge in [-0.05, 0) is 6.08 Å². The van der Waals surface area contributed by atoms with Crippen LogP contribution in [0.15, 0.2) is 24.0 Å². The van der Waals surface area contributed by atoms with Gasteiger partial charge in [0.15, 0.2) is 0 Å². The van der Waals surface area contributed by atoms with Gasteiger partial charge < -0.3 is 4.74 Å². The van der Waals surface area contributed by atoms with Gasteiger partial charge in [-0.3, -0.25) is 0 Å². The second-order valence-electron chi connectivity index (χ2n) is 1.62. The van der Waals surface area contributed by atoms with Crippen LogP contribution in [0.25, 0.3) is 0 Å². The van der Waals surface area contributed by atoms with Crippen molar-refractivity contribution in [1.82, 2.24) is 0 Å². The third kappa shape index (κ3) is 1.60. The normalized spacial score (nSPS) is 15.3. The largest absolute Gasteiger partial charge is 0.555 e. The average Bonchev–Trinajstić information content (AvgIpc) is 2.15. The molecule has 0 bridgehead atoms. The number of hydrogen-bond donors (Lipinski definition) is 0. The second kappa shape index (κ2) is 2.35. The predicted molar refractivity (Wildman–Crippen MR) is 29.0 cm³/mol. The summed E-state index contributed by atoms with van der Waals surface area (Å²) in [5, 5.41) is 9.75. The van der Waals surface area contributed by atoms with Crippen LogP contribution in [0.4, 0.5) is 4.79 Å². The van der Waals surface area contributed by atoms with Crippen LogP contribution in [0.2, 0.25) is 0 Å². The first-order chi connectivity index (χ1) is 4.29. The van der Waals surface area contributed by atoms with Crippen LogP contribution >= 0.6 is 0 Å². The molecule has 0 aromatic carbocycles. The van der Waals surface area contributed by atoms with E-state index in [0.29, 0.717) is 12.2 Å². The van der Waals surface area contributed by atoms with Crippen molar-refractivity contribution in [3.8, 4) is 0 Å². The summed E-state index contributed by atoms with van der Waals surface area (Å²) in [6.45, 7) is 0. The van der Waals surface area contributed by atoms with Crippen molar-refractivity contribution in [2.45, 2.75) is 6.42 Å². The van der Waals surface area contributed by atoms with Crippen LogP contribution < -0.4 is 0 Å². The molecule has 0 aromatic heterocycles. The van der Waals surface area contributed by atoms with Crippen LogP contribution in [0, 0.1) is 0 Å². The zero-order valence-corrected chi connectivity index (χ0v) is 4.66. The maximum Gasteiger partial charge on any atom is 0.555 e. The van der Waals surface area contributed by atoms with Crippen LogP contribution in [-0.2, 0) is 9.84 Å². The van der Waals surface area contributed by atoms with E-state index in [1.54, 1.807) is 18.2 Å². The number of carbonyl (C=O) groups is 1. The summed E-state index contributed by atoms with van der Waals surface area (Å²) >= 11 is 0. The quantitative estimate of drug-likeness (QED) is 0.497. The average molecular weight is 125 g/mol. The molecule has 0 N–H and O–H groups in total. The minimum absolute atomic E-state index is 0.426. The first-order valence-electron chi connectivity index (χ1n) is 2.53. The van der Waals surface area contributed by atoms with Crippen LogP contribution in [0.3, 0.4) is 0 Å². The van der Waals surface area contributed by atoms with Crippen LogP contribution in [0.1, 0.15) is 6.42 Å². The summed E-state index contributed by atoms with van der Waals surface area (Å²) < 4.78 is 4.22. The van der Waals surface area contributed by atoms with E-state index in [1.807, 2.05) is 0 Å². The Kier molecular flexibility index (Phi) is 1.53. The molecular formula is C6H5O3. The molecule has 0 atom stereocenters. The van der Waals surface area contributed by atoms with Gasteiger partial charge in [0.25, 0.3) is 0 Å². The monoisotopic (exact) mass is 125 g/mol. The fourth-order valence-corrected chi connectivity index (χ4v) is 0.610. The van der Waals surface area contributed by atoms with Gasteiger partial charge in [-0.25, -0.2) is 0 Å². The van der Waals surface area contributed by atoms with Crippen molar-refractivity contribution in [2.24, 2.45) is 0 Å². The number of allylic oxidation sites excluding steroid dienone is 3. The Morgan fingerprint density at radius 2 is 2.44 bits per heavy atom. The number of hydrogen-bond acceptors (Lipinski definition) is 2. The summed E-state index contributed by atoms with van der Waals surface area (Å²) in [6, 6.07) is 0. The predicted octanol–water partition coefficient (Wildman–Crippen LogP) is 1.40. The Hall–Kier alpha value is -1.25. The molecule has 0 saturated heterocycles. The molecular weight excluding hydrogens is 120 g/mol. The molecule has 0 spiro atoms. The first-order valence-corrected chi connectivity index (χ1v) is 2.53. The van der Waals surface area contributed by atoms with Crippen molar-refractivity contribution >= 4 is 6.16 Å². The molecule has 0 amide bonds. The molecule has 1 rings (SSSR count). The summed E-state index contributed by atoms with van der Waals surface area (Å²) in [5.41, 5.74) is 0. The molecule has 3 nitrogen and oxygen atoms in total. The SMILES string of the molecule is [O]C(=O)OC1=CC=CC1. The van der Waals surface area contributed by atoms with Crippen molar-refractivity contribution in [2.75, 3.05) is 0 Å². The minimum Gasteiger partial charge on any atom is -0.397 e. The van der Waals surface area contributed by atoms with Crippen molar-refractivity contribution < 1.29 is 14.6 Å². The Bertz CT molecular complexity index is 179.